The molecule has 0 saturated carbocycles. The summed E-state index contributed by atoms with van der Waals surface area (Å²) < 4.78 is 5.43. The molecule has 88 valence electrons. The summed E-state index contributed by atoms with van der Waals surface area (Å²) in [5.41, 5.74) is 1.85. The van der Waals surface area contributed by atoms with Crippen molar-refractivity contribution in [2.75, 3.05) is 11.9 Å². The van der Waals surface area contributed by atoms with Crippen LogP contribution in [0.2, 0.25) is 0 Å². The van der Waals surface area contributed by atoms with Gasteiger partial charge in [-0.3, -0.25) is 4.79 Å². The fraction of sp³-hybridized carbons (Fsp3) is 0.462. The van der Waals surface area contributed by atoms with Crippen LogP contribution in [-0.2, 0) is 4.79 Å². The quantitative estimate of drug-likeness (QED) is 0.848. The highest BCUT2D eigenvalue weighted by Gasteiger charge is 2.08. The summed E-state index contributed by atoms with van der Waals surface area (Å²) >= 11 is 0. The average Bonchev–Trinajstić information content (AvgIpc) is 2.22. The molecule has 0 aromatic heterocycles. The van der Waals surface area contributed by atoms with Crippen LogP contribution in [0.3, 0.4) is 0 Å². The van der Waals surface area contributed by atoms with Gasteiger partial charge in [-0.15, -0.1) is 0 Å². The van der Waals surface area contributed by atoms with E-state index in [0.717, 1.165) is 17.0 Å². The number of anilines is 1. The van der Waals surface area contributed by atoms with Crippen molar-refractivity contribution in [2.45, 2.75) is 27.7 Å². The summed E-state index contributed by atoms with van der Waals surface area (Å²) in [6.07, 6.45) is 0. The van der Waals surface area contributed by atoms with Crippen molar-refractivity contribution in [3.63, 3.8) is 0 Å². The largest absolute Gasteiger partial charge is 0.494 e. The van der Waals surface area contributed by atoms with E-state index in [4.69, 9.17) is 4.74 Å². The molecule has 1 N–H and O–H groups in total. The molecule has 0 bridgehead atoms. The molecule has 0 unspecified atom stereocenters. The molecule has 0 radical (unpaired) electrons. The summed E-state index contributed by atoms with van der Waals surface area (Å²) in [4.78, 5) is 11.5. The van der Waals surface area contributed by atoms with Gasteiger partial charge in [0.25, 0.3) is 0 Å². The topological polar surface area (TPSA) is 38.3 Å². The lowest BCUT2D eigenvalue weighted by molar-refractivity contribution is -0.118. The van der Waals surface area contributed by atoms with Crippen molar-refractivity contribution in [1.82, 2.24) is 0 Å². The zero-order chi connectivity index (χ0) is 12.1. The van der Waals surface area contributed by atoms with E-state index in [-0.39, 0.29) is 11.8 Å². The lowest BCUT2D eigenvalue weighted by Gasteiger charge is -2.11. The van der Waals surface area contributed by atoms with Gasteiger partial charge >= 0.3 is 0 Å². The maximum Gasteiger partial charge on any atom is 0.226 e. The predicted octanol–water partition coefficient (Wildman–Crippen LogP) is 2.99. The normalized spacial score (nSPS) is 10.3. The van der Waals surface area contributed by atoms with Gasteiger partial charge in [0.2, 0.25) is 5.91 Å². The molecule has 16 heavy (non-hydrogen) atoms. The molecule has 0 saturated heterocycles. The summed E-state index contributed by atoms with van der Waals surface area (Å²) in [5.74, 6) is 0.889. The fourth-order valence-corrected chi connectivity index (χ4v) is 1.33. The van der Waals surface area contributed by atoms with Crippen LogP contribution in [0.5, 0.6) is 5.75 Å². The molecule has 0 fully saturated rings. The second-order valence-electron chi connectivity index (χ2n) is 4.06. The Morgan fingerprint density at radius 1 is 1.44 bits per heavy atom. The number of hydrogen-bond acceptors (Lipinski definition) is 2. The molecule has 1 aromatic rings. The summed E-state index contributed by atoms with van der Waals surface area (Å²) in [6.45, 7) is 8.32. The molecule has 0 heterocycles. The van der Waals surface area contributed by atoms with Gasteiger partial charge in [0.1, 0.15) is 5.75 Å². The van der Waals surface area contributed by atoms with Crippen LogP contribution in [0.4, 0.5) is 5.69 Å². The minimum atomic E-state index is -0.00752. The SMILES string of the molecule is CCOc1ccc(NC(=O)C(C)C)cc1C. The van der Waals surface area contributed by atoms with Crippen molar-refractivity contribution in [2.24, 2.45) is 5.92 Å². The lowest BCUT2D eigenvalue weighted by atomic mass is 10.1. The highest BCUT2D eigenvalue weighted by molar-refractivity contribution is 5.92. The Morgan fingerprint density at radius 2 is 2.12 bits per heavy atom. The van der Waals surface area contributed by atoms with E-state index in [0.29, 0.717) is 6.61 Å². The van der Waals surface area contributed by atoms with Crippen molar-refractivity contribution >= 4 is 11.6 Å². The van der Waals surface area contributed by atoms with E-state index >= 15 is 0 Å². The monoisotopic (exact) mass is 221 g/mol. The highest BCUT2D eigenvalue weighted by Crippen LogP contribution is 2.22. The second kappa shape index (κ2) is 5.54. The first-order valence-corrected chi connectivity index (χ1v) is 5.59. The molecular weight excluding hydrogens is 202 g/mol. The molecular formula is C13H19NO2. The van der Waals surface area contributed by atoms with E-state index in [9.17, 15) is 4.79 Å². The summed E-state index contributed by atoms with van der Waals surface area (Å²) in [6, 6.07) is 5.66. The van der Waals surface area contributed by atoms with Crippen LogP contribution < -0.4 is 10.1 Å². The number of carbonyl (C=O) groups excluding carboxylic acids is 1. The Balaban J connectivity index is 2.77. The van der Waals surface area contributed by atoms with Crippen molar-refractivity contribution in [1.29, 1.82) is 0 Å². The van der Waals surface area contributed by atoms with E-state index in [2.05, 4.69) is 5.32 Å². The van der Waals surface area contributed by atoms with Crippen LogP contribution in [0.1, 0.15) is 26.3 Å². The molecule has 0 spiro atoms. The first-order chi connectivity index (χ1) is 7.54. The van der Waals surface area contributed by atoms with Crippen LogP contribution in [0, 0.1) is 12.8 Å². The van der Waals surface area contributed by atoms with Crippen LogP contribution in [0.15, 0.2) is 18.2 Å². The second-order valence-corrected chi connectivity index (χ2v) is 4.06. The Morgan fingerprint density at radius 3 is 2.62 bits per heavy atom. The smallest absolute Gasteiger partial charge is 0.226 e. The number of ether oxygens (including phenoxy) is 1. The van der Waals surface area contributed by atoms with Gasteiger partial charge in [-0.1, -0.05) is 13.8 Å². The van der Waals surface area contributed by atoms with E-state index in [1.54, 1.807) is 0 Å². The van der Waals surface area contributed by atoms with Gasteiger partial charge in [0, 0.05) is 11.6 Å². The molecule has 0 aliphatic heterocycles. The minimum absolute atomic E-state index is 0.00752. The minimum Gasteiger partial charge on any atom is -0.494 e. The van der Waals surface area contributed by atoms with Crippen molar-refractivity contribution < 1.29 is 9.53 Å². The number of amides is 1. The average molecular weight is 221 g/mol. The van der Waals surface area contributed by atoms with Crippen LogP contribution in [-0.4, -0.2) is 12.5 Å². The number of benzene rings is 1. The first-order valence-electron chi connectivity index (χ1n) is 5.59. The van der Waals surface area contributed by atoms with E-state index < -0.39 is 0 Å². The third kappa shape index (κ3) is 3.26. The molecule has 0 atom stereocenters. The van der Waals surface area contributed by atoms with E-state index in [1.165, 1.54) is 0 Å². The zero-order valence-corrected chi connectivity index (χ0v) is 10.3. The Hall–Kier alpha value is -1.51. The van der Waals surface area contributed by atoms with E-state index in [1.807, 2.05) is 45.9 Å². The number of rotatable bonds is 4. The predicted molar refractivity (Wildman–Crippen MR) is 65.8 cm³/mol. The maximum atomic E-state index is 11.5. The van der Waals surface area contributed by atoms with Gasteiger partial charge in [-0.25, -0.2) is 0 Å². The lowest BCUT2D eigenvalue weighted by Crippen LogP contribution is -2.17. The van der Waals surface area contributed by atoms with Crippen molar-refractivity contribution in [3.8, 4) is 5.75 Å². The Bertz CT molecular complexity index is 372. The highest BCUT2D eigenvalue weighted by atomic mass is 16.5. The molecule has 0 aliphatic rings. The summed E-state index contributed by atoms with van der Waals surface area (Å²) in [7, 11) is 0. The van der Waals surface area contributed by atoms with Gasteiger partial charge in [-0.05, 0) is 37.6 Å². The zero-order valence-electron chi connectivity index (χ0n) is 10.3. The molecule has 1 rings (SSSR count). The molecule has 0 aliphatic carbocycles. The number of aryl methyl sites for hydroxylation is 1. The third-order valence-electron chi connectivity index (χ3n) is 2.27. The Kier molecular flexibility index (Phi) is 4.35. The number of hydrogen-bond donors (Lipinski definition) is 1. The van der Waals surface area contributed by atoms with Gasteiger partial charge in [0.05, 0.1) is 6.61 Å². The van der Waals surface area contributed by atoms with Crippen molar-refractivity contribution in [3.05, 3.63) is 23.8 Å². The molecule has 1 amide bonds. The van der Waals surface area contributed by atoms with Crippen LogP contribution >= 0.6 is 0 Å². The molecule has 3 nitrogen and oxygen atoms in total. The van der Waals surface area contributed by atoms with Gasteiger partial charge in [-0.2, -0.15) is 0 Å². The fourth-order valence-electron chi connectivity index (χ4n) is 1.33. The number of nitrogens with one attached hydrogen (secondary N) is 1. The first kappa shape index (κ1) is 12.6. The standard InChI is InChI=1S/C13H19NO2/c1-5-16-12-7-6-11(8-10(12)4)14-13(15)9(2)3/h6-9H,5H2,1-4H3,(H,14,15). The van der Waals surface area contributed by atoms with Crippen LogP contribution in [0.25, 0.3) is 0 Å². The Labute approximate surface area is 96.8 Å². The summed E-state index contributed by atoms with van der Waals surface area (Å²) in [5, 5.41) is 2.86. The molecule has 1 aromatic carbocycles. The molecule has 3 heteroatoms. The van der Waals surface area contributed by atoms with Gasteiger partial charge in [0.15, 0.2) is 0 Å². The maximum absolute atomic E-state index is 11.5. The third-order valence-corrected chi connectivity index (χ3v) is 2.27. The number of carbonyl (C=O) groups is 1. The van der Waals surface area contributed by atoms with Gasteiger partial charge < -0.3 is 10.1 Å².